The third-order valence-corrected chi connectivity index (χ3v) is 3.21. The molecule has 0 aliphatic heterocycles. The number of benzene rings is 2. The molecule has 0 bridgehead atoms. The van der Waals surface area contributed by atoms with E-state index in [-0.39, 0.29) is 17.3 Å². The predicted octanol–water partition coefficient (Wildman–Crippen LogP) is 2.69. The molecule has 0 aliphatic rings. The van der Waals surface area contributed by atoms with Gasteiger partial charge >= 0.3 is 0 Å². The van der Waals surface area contributed by atoms with E-state index in [0.29, 0.717) is 16.8 Å². The van der Waals surface area contributed by atoms with E-state index in [9.17, 15) is 14.3 Å². The Morgan fingerprint density at radius 2 is 2.00 bits per heavy atom. The SMILES string of the molecule is O=C(N/N=C/c1cccc(O)c1)c1cc(-c2ccc(F)cc2)n[nH]1. The molecule has 0 saturated carbocycles. The fraction of sp³-hybridized carbons (Fsp3) is 0. The quantitative estimate of drug-likeness (QED) is 0.509. The number of hydrazone groups is 1. The van der Waals surface area contributed by atoms with E-state index in [0.717, 1.165) is 0 Å². The Kier molecular flexibility index (Phi) is 4.33. The molecule has 7 heteroatoms. The Morgan fingerprint density at radius 3 is 2.75 bits per heavy atom. The molecule has 1 heterocycles. The summed E-state index contributed by atoms with van der Waals surface area (Å²) in [6.07, 6.45) is 1.41. The molecule has 3 rings (SSSR count). The number of H-pyrrole nitrogens is 1. The van der Waals surface area contributed by atoms with Gasteiger partial charge in [-0.15, -0.1) is 0 Å². The Labute approximate surface area is 136 Å². The number of hydrogen-bond donors (Lipinski definition) is 3. The monoisotopic (exact) mass is 324 g/mol. The summed E-state index contributed by atoms with van der Waals surface area (Å²) in [7, 11) is 0. The topological polar surface area (TPSA) is 90.4 Å². The van der Waals surface area contributed by atoms with Crippen LogP contribution in [0.2, 0.25) is 0 Å². The molecule has 0 saturated heterocycles. The summed E-state index contributed by atoms with van der Waals surface area (Å²) in [6, 6.07) is 13.8. The number of carbonyl (C=O) groups excluding carboxylic acids is 1. The fourth-order valence-electron chi connectivity index (χ4n) is 2.04. The van der Waals surface area contributed by atoms with Gasteiger partial charge in [0.25, 0.3) is 5.91 Å². The van der Waals surface area contributed by atoms with Crippen molar-refractivity contribution in [2.24, 2.45) is 5.10 Å². The maximum atomic E-state index is 12.9. The van der Waals surface area contributed by atoms with Crippen LogP contribution in [-0.2, 0) is 0 Å². The Balaban J connectivity index is 1.66. The summed E-state index contributed by atoms with van der Waals surface area (Å²) in [5.41, 5.74) is 4.44. The summed E-state index contributed by atoms with van der Waals surface area (Å²) < 4.78 is 12.9. The van der Waals surface area contributed by atoms with Gasteiger partial charge in [0, 0.05) is 5.56 Å². The van der Waals surface area contributed by atoms with Crippen LogP contribution in [0.5, 0.6) is 5.75 Å². The molecule has 0 fully saturated rings. The second kappa shape index (κ2) is 6.74. The molecule has 2 aromatic carbocycles. The molecular formula is C17H13FN4O2. The summed E-state index contributed by atoms with van der Waals surface area (Å²) in [5, 5.41) is 19.8. The number of rotatable bonds is 4. The molecule has 1 aromatic heterocycles. The van der Waals surface area contributed by atoms with Gasteiger partial charge in [-0.25, -0.2) is 9.82 Å². The van der Waals surface area contributed by atoms with E-state index in [2.05, 4.69) is 20.7 Å². The van der Waals surface area contributed by atoms with Gasteiger partial charge in [-0.1, -0.05) is 12.1 Å². The average molecular weight is 324 g/mol. The molecule has 0 spiro atoms. The highest BCUT2D eigenvalue weighted by molar-refractivity contribution is 5.94. The maximum Gasteiger partial charge on any atom is 0.289 e. The average Bonchev–Trinajstić information content (AvgIpc) is 3.05. The van der Waals surface area contributed by atoms with Gasteiger partial charge < -0.3 is 5.11 Å². The summed E-state index contributed by atoms with van der Waals surface area (Å²) >= 11 is 0. The summed E-state index contributed by atoms with van der Waals surface area (Å²) in [4.78, 5) is 12.0. The summed E-state index contributed by atoms with van der Waals surface area (Å²) in [6.45, 7) is 0. The van der Waals surface area contributed by atoms with Crippen molar-refractivity contribution in [3.05, 3.63) is 71.7 Å². The van der Waals surface area contributed by atoms with E-state index < -0.39 is 5.91 Å². The zero-order chi connectivity index (χ0) is 16.9. The molecule has 120 valence electrons. The smallest absolute Gasteiger partial charge is 0.289 e. The normalized spacial score (nSPS) is 10.9. The van der Waals surface area contributed by atoms with Crippen LogP contribution in [0.15, 0.2) is 59.7 Å². The van der Waals surface area contributed by atoms with Crippen LogP contribution in [0.4, 0.5) is 4.39 Å². The Bertz CT molecular complexity index is 888. The first-order valence-electron chi connectivity index (χ1n) is 7.05. The van der Waals surface area contributed by atoms with Crippen LogP contribution >= 0.6 is 0 Å². The number of aromatic hydroxyl groups is 1. The Morgan fingerprint density at radius 1 is 1.21 bits per heavy atom. The van der Waals surface area contributed by atoms with Crippen molar-refractivity contribution in [1.29, 1.82) is 0 Å². The minimum absolute atomic E-state index is 0.114. The van der Waals surface area contributed by atoms with Crippen LogP contribution in [0.1, 0.15) is 16.1 Å². The lowest BCUT2D eigenvalue weighted by molar-refractivity contribution is 0.0950. The maximum absolute atomic E-state index is 12.9. The first-order valence-corrected chi connectivity index (χ1v) is 7.05. The highest BCUT2D eigenvalue weighted by atomic mass is 19.1. The zero-order valence-electron chi connectivity index (χ0n) is 12.4. The first kappa shape index (κ1) is 15.4. The second-order valence-corrected chi connectivity index (χ2v) is 4.97. The minimum Gasteiger partial charge on any atom is -0.508 e. The number of phenols is 1. The van der Waals surface area contributed by atoms with Gasteiger partial charge in [0.05, 0.1) is 11.9 Å². The molecular weight excluding hydrogens is 311 g/mol. The van der Waals surface area contributed by atoms with Crippen molar-refractivity contribution in [2.45, 2.75) is 0 Å². The molecule has 0 radical (unpaired) electrons. The van der Waals surface area contributed by atoms with E-state index in [4.69, 9.17) is 0 Å². The van der Waals surface area contributed by atoms with Gasteiger partial charge in [0.1, 0.15) is 17.3 Å². The number of phenolic OH excluding ortho intramolecular Hbond substituents is 1. The van der Waals surface area contributed by atoms with E-state index >= 15 is 0 Å². The highest BCUT2D eigenvalue weighted by Gasteiger charge is 2.10. The molecule has 1 amide bonds. The van der Waals surface area contributed by atoms with Crippen molar-refractivity contribution >= 4 is 12.1 Å². The van der Waals surface area contributed by atoms with Gasteiger partial charge in [-0.05, 0) is 48.0 Å². The predicted molar refractivity (Wildman–Crippen MR) is 87.1 cm³/mol. The lowest BCUT2D eigenvalue weighted by Gasteiger charge is -1.97. The number of aromatic nitrogens is 2. The number of hydrogen-bond acceptors (Lipinski definition) is 4. The van der Waals surface area contributed by atoms with Crippen molar-refractivity contribution in [3.8, 4) is 17.0 Å². The molecule has 0 atom stereocenters. The lowest BCUT2D eigenvalue weighted by atomic mass is 10.1. The molecule has 24 heavy (non-hydrogen) atoms. The molecule has 0 unspecified atom stereocenters. The van der Waals surface area contributed by atoms with E-state index in [1.807, 2.05) is 0 Å². The second-order valence-electron chi connectivity index (χ2n) is 4.97. The van der Waals surface area contributed by atoms with Crippen LogP contribution in [0.3, 0.4) is 0 Å². The molecule has 6 nitrogen and oxygen atoms in total. The van der Waals surface area contributed by atoms with Gasteiger partial charge in [-0.2, -0.15) is 10.2 Å². The van der Waals surface area contributed by atoms with Crippen LogP contribution < -0.4 is 5.43 Å². The van der Waals surface area contributed by atoms with Crippen LogP contribution in [0, 0.1) is 5.82 Å². The highest BCUT2D eigenvalue weighted by Crippen LogP contribution is 2.17. The molecule has 3 aromatic rings. The largest absolute Gasteiger partial charge is 0.508 e. The summed E-state index contributed by atoms with van der Waals surface area (Å²) in [5.74, 6) is -0.691. The molecule has 0 aliphatic carbocycles. The number of halogens is 1. The van der Waals surface area contributed by atoms with Crippen molar-refractivity contribution in [3.63, 3.8) is 0 Å². The van der Waals surface area contributed by atoms with Crippen LogP contribution in [0.25, 0.3) is 11.3 Å². The van der Waals surface area contributed by atoms with Crippen molar-refractivity contribution < 1.29 is 14.3 Å². The van der Waals surface area contributed by atoms with Gasteiger partial charge in [0.2, 0.25) is 0 Å². The van der Waals surface area contributed by atoms with Gasteiger partial charge in [-0.3, -0.25) is 9.89 Å². The van der Waals surface area contributed by atoms with Gasteiger partial charge in [0.15, 0.2) is 0 Å². The minimum atomic E-state index is -0.465. The number of nitrogens with one attached hydrogen (secondary N) is 2. The van der Waals surface area contributed by atoms with Crippen LogP contribution in [-0.4, -0.2) is 27.4 Å². The standard InChI is InChI=1S/C17H13FN4O2/c18-13-6-4-12(5-7-13)15-9-16(21-20-15)17(24)22-19-10-11-2-1-3-14(23)8-11/h1-10,23H,(H,20,21)(H,22,24)/b19-10+. The fourth-order valence-corrected chi connectivity index (χ4v) is 2.04. The third kappa shape index (κ3) is 3.64. The Hall–Kier alpha value is -3.48. The van der Waals surface area contributed by atoms with Crippen molar-refractivity contribution in [1.82, 2.24) is 15.6 Å². The first-order chi connectivity index (χ1) is 11.6. The number of nitrogens with zero attached hydrogens (tertiary/aromatic N) is 2. The molecule has 3 N–H and O–H groups in total. The lowest BCUT2D eigenvalue weighted by Crippen LogP contribution is -2.17. The van der Waals surface area contributed by atoms with E-state index in [1.54, 1.807) is 30.3 Å². The van der Waals surface area contributed by atoms with E-state index in [1.165, 1.54) is 30.5 Å². The third-order valence-electron chi connectivity index (χ3n) is 3.21. The number of aromatic amines is 1. The number of amides is 1. The number of carbonyl (C=O) groups is 1. The van der Waals surface area contributed by atoms with Crippen molar-refractivity contribution in [2.75, 3.05) is 0 Å². The zero-order valence-corrected chi connectivity index (χ0v) is 12.4.